The van der Waals surface area contributed by atoms with Gasteiger partial charge in [-0.1, -0.05) is 41.9 Å². The quantitative estimate of drug-likeness (QED) is 0.123. The number of para-hydroxylation sites is 2. The van der Waals surface area contributed by atoms with Crippen LogP contribution in [0.2, 0.25) is 0 Å². The van der Waals surface area contributed by atoms with Crippen molar-refractivity contribution in [3.8, 4) is 0 Å². The molecule has 11 heteroatoms. The first kappa shape index (κ1) is 34.2. The molecule has 0 amide bonds. The number of nitrogens with zero attached hydrogens (tertiary/aromatic N) is 4. The Morgan fingerprint density at radius 3 is 2.48 bits per heavy atom. The summed E-state index contributed by atoms with van der Waals surface area (Å²) < 4.78 is 12.8. The lowest BCUT2D eigenvalue weighted by atomic mass is 9.86. The molecule has 8 bridgehead atoms. The first-order valence-corrected chi connectivity index (χ1v) is 18.9. The van der Waals surface area contributed by atoms with E-state index in [9.17, 15) is 4.79 Å². The standard InChI is InChI=1S/C41H41BrN6O4/c1-8-23-19(2)26-17-31-35(33(18-42)51-6)21(4)28(44-31)15-27-20(3)24(13-14-34(49)52-7)38(45-27)37-39-36(22(5)29(46-39)16-30(23)43-26)40-47-25-11-9-10-12-32(25)48(40)41(37)50/h9-12,15-17,20,24,33,44-45H,8,13-14,18H2,1-7H3/t20-,24-,33?/m0/s1. The predicted octanol–water partition coefficient (Wildman–Crippen LogP) is 8.95. The summed E-state index contributed by atoms with van der Waals surface area (Å²) in [4.78, 5) is 50.5. The van der Waals surface area contributed by atoms with Gasteiger partial charge in [-0.05, 0) is 86.2 Å². The van der Waals surface area contributed by atoms with E-state index in [-0.39, 0.29) is 35.9 Å². The number of esters is 1. The van der Waals surface area contributed by atoms with Gasteiger partial charge in [0.2, 0.25) is 0 Å². The normalized spacial score (nSPS) is 16.8. The average molecular weight is 762 g/mol. The van der Waals surface area contributed by atoms with E-state index in [4.69, 9.17) is 24.4 Å². The molecular weight excluding hydrogens is 720 g/mol. The smallest absolute Gasteiger partial charge is 0.305 e. The van der Waals surface area contributed by atoms with Crippen LogP contribution in [0, 0.1) is 13.8 Å². The highest BCUT2D eigenvalue weighted by Crippen LogP contribution is 2.44. The highest BCUT2D eigenvalue weighted by atomic mass is 79.9. The zero-order chi connectivity index (χ0) is 36.6. The van der Waals surface area contributed by atoms with E-state index in [1.54, 1.807) is 11.5 Å². The second kappa shape index (κ2) is 13.0. The van der Waals surface area contributed by atoms with Crippen molar-refractivity contribution in [1.82, 2.24) is 29.3 Å². The molecule has 1 aromatic carbocycles. The Kier molecular flexibility index (Phi) is 8.53. The number of aryl methyl sites for hydroxylation is 2. The minimum Gasteiger partial charge on any atom is -0.469 e. The number of fused-ring (bicyclic) bond motifs is 12. The van der Waals surface area contributed by atoms with Crippen molar-refractivity contribution in [1.29, 1.82) is 0 Å². The van der Waals surface area contributed by atoms with E-state index in [1.165, 1.54) is 7.11 Å². The number of carbonyl (C=O) groups is 1. The van der Waals surface area contributed by atoms with Gasteiger partial charge >= 0.3 is 5.97 Å². The molecule has 5 aromatic heterocycles. The summed E-state index contributed by atoms with van der Waals surface area (Å²) in [7, 11) is 3.13. The molecule has 2 aliphatic rings. The lowest BCUT2D eigenvalue weighted by molar-refractivity contribution is -0.140. The fourth-order valence-electron chi connectivity index (χ4n) is 8.37. The van der Waals surface area contributed by atoms with Crippen LogP contribution in [0.25, 0.3) is 60.7 Å². The van der Waals surface area contributed by atoms with Crippen LogP contribution in [0.4, 0.5) is 0 Å². The summed E-state index contributed by atoms with van der Waals surface area (Å²) in [5.41, 5.74) is 13.8. The number of pyridine rings is 1. The molecule has 1 unspecified atom stereocenters. The Morgan fingerprint density at radius 1 is 0.962 bits per heavy atom. The third-order valence-electron chi connectivity index (χ3n) is 11.3. The zero-order valence-corrected chi connectivity index (χ0v) is 32.0. The molecule has 0 saturated heterocycles. The van der Waals surface area contributed by atoms with E-state index < -0.39 is 0 Å². The van der Waals surface area contributed by atoms with Crippen LogP contribution in [0.3, 0.4) is 0 Å². The molecule has 8 rings (SSSR count). The molecule has 2 aliphatic heterocycles. The lowest BCUT2D eigenvalue weighted by Gasteiger charge is -2.16. The fraction of sp³-hybridized carbons (Fsp3) is 0.341. The number of rotatable bonds is 7. The number of halogens is 1. The molecule has 7 heterocycles. The Bertz CT molecular complexity index is 2700. The van der Waals surface area contributed by atoms with Gasteiger partial charge in [-0.15, -0.1) is 0 Å². The largest absolute Gasteiger partial charge is 0.469 e. The summed E-state index contributed by atoms with van der Waals surface area (Å²) in [5, 5.41) is 1.94. The van der Waals surface area contributed by atoms with Gasteiger partial charge < -0.3 is 19.4 Å². The first-order chi connectivity index (χ1) is 25.1. The molecule has 2 N–H and O–H groups in total. The Labute approximate surface area is 308 Å². The maximum atomic E-state index is 15.0. The Hall–Kier alpha value is -4.87. The number of hydrogen-bond acceptors (Lipinski definition) is 7. The minimum absolute atomic E-state index is 0.0664. The van der Waals surface area contributed by atoms with E-state index in [0.717, 1.165) is 90.0 Å². The molecule has 0 spiro atoms. The third-order valence-corrected chi connectivity index (χ3v) is 11.9. The monoisotopic (exact) mass is 760 g/mol. The number of carbonyl (C=O) groups excluding carboxylic acids is 1. The molecule has 0 radical (unpaired) electrons. The van der Waals surface area contributed by atoms with Crippen LogP contribution >= 0.6 is 15.9 Å². The SMILES string of the molecule is CCC1=C(C)c2cc3[nH]c(cc4[nH]c(c5c(=O)n6c7ccccc7nc6c6c(C)c(cc1n2)nc56)[C@@H](CCC(=O)OC)[C@@H]4C)c(C)c3C(CBr)OC. The maximum Gasteiger partial charge on any atom is 0.305 e. The number of ether oxygens (including phenoxy) is 2. The van der Waals surface area contributed by atoms with Crippen molar-refractivity contribution in [3.05, 3.63) is 92.3 Å². The highest BCUT2D eigenvalue weighted by Gasteiger charge is 2.33. The second-order valence-corrected chi connectivity index (χ2v) is 14.6. The summed E-state index contributed by atoms with van der Waals surface area (Å²) in [6, 6.07) is 14.0. The van der Waals surface area contributed by atoms with E-state index in [1.807, 2.05) is 31.2 Å². The number of benzene rings is 1. The zero-order valence-electron chi connectivity index (χ0n) is 30.4. The number of aromatic amines is 2. The molecule has 0 aliphatic carbocycles. The van der Waals surface area contributed by atoms with Gasteiger partial charge in [0, 0.05) is 64.1 Å². The van der Waals surface area contributed by atoms with Gasteiger partial charge in [0.1, 0.15) is 0 Å². The first-order valence-electron chi connectivity index (χ1n) is 17.8. The van der Waals surface area contributed by atoms with Crippen LogP contribution in [0.15, 0.2) is 47.3 Å². The van der Waals surface area contributed by atoms with Crippen LogP contribution in [0.5, 0.6) is 0 Å². The van der Waals surface area contributed by atoms with Crippen molar-refractivity contribution < 1.29 is 14.3 Å². The van der Waals surface area contributed by atoms with Crippen molar-refractivity contribution >= 4 is 82.6 Å². The Balaban J connectivity index is 1.61. The molecule has 3 atom stereocenters. The number of allylic oxidation sites excluding steroid dienone is 2. The van der Waals surface area contributed by atoms with Gasteiger partial charge in [0.15, 0.2) is 5.65 Å². The van der Waals surface area contributed by atoms with Crippen LogP contribution in [-0.2, 0) is 14.3 Å². The van der Waals surface area contributed by atoms with Crippen LogP contribution in [-0.4, -0.2) is 54.8 Å². The molecule has 10 nitrogen and oxygen atoms in total. The van der Waals surface area contributed by atoms with Gasteiger partial charge in [-0.3, -0.25) is 14.0 Å². The topological polar surface area (TPSA) is 127 Å². The van der Waals surface area contributed by atoms with Crippen molar-refractivity contribution in [2.75, 3.05) is 19.5 Å². The van der Waals surface area contributed by atoms with Gasteiger partial charge in [0.05, 0.1) is 52.1 Å². The molecular formula is C41H41BrN6O4. The summed E-state index contributed by atoms with van der Waals surface area (Å²) in [5.74, 6) is -0.556. The summed E-state index contributed by atoms with van der Waals surface area (Å²) in [6.07, 6.45) is 1.29. The molecule has 266 valence electrons. The van der Waals surface area contributed by atoms with Gasteiger partial charge in [-0.2, -0.15) is 0 Å². The van der Waals surface area contributed by atoms with E-state index >= 15 is 4.79 Å². The number of methoxy groups -OCH3 is 2. The highest BCUT2D eigenvalue weighted by molar-refractivity contribution is 9.09. The molecule has 0 fully saturated rings. The summed E-state index contributed by atoms with van der Waals surface area (Å²) in [6.45, 7) is 10.6. The Morgan fingerprint density at radius 2 is 1.75 bits per heavy atom. The van der Waals surface area contributed by atoms with Crippen molar-refractivity contribution in [3.63, 3.8) is 0 Å². The number of aromatic nitrogens is 6. The third kappa shape index (κ3) is 5.11. The van der Waals surface area contributed by atoms with Gasteiger partial charge in [0.25, 0.3) is 5.56 Å². The molecule has 0 saturated carbocycles. The number of alkyl halides is 1. The fourth-order valence-corrected chi connectivity index (χ4v) is 8.96. The van der Waals surface area contributed by atoms with Crippen LogP contribution in [0.1, 0.15) is 97.4 Å². The number of H-pyrrole nitrogens is 2. The van der Waals surface area contributed by atoms with E-state index in [2.05, 4.69) is 71.8 Å². The minimum atomic E-state index is -0.293. The van der Waals surface area contributed by atoms with E-state index in [0.29, 0.717) is 28.3 Å². The molecule has 52 heavy (non-hydrogen) atoms. The molecule has 6 aromatic rings. The number of nitrogens with one attached hydrogen (secondary N) is 2. The van der Waals surface area contributed by atoms with Crippen molar-refractivity contribution in [2.45, 2.75) is 71.8 Å². The maximum absolute atomic E-state index is 15.0. The number of hydrogen-bond donors (Lipinski definition) is 2. The van der Waals surface area contributed by atoms with Gasteiger partial charge in [-0.25, -0.2) is 15.0 Å². The van der Waals surface area contributed by atoms with Crippen LogP contribution < -0.4 is 5.56 Å². The summed E-state index contributed by atoms with van der Waals surface area (Å²) >= 11 is 3.68. The lowest BCUT2D eigenvalue weighted by Crippen LogP contribution is -2.16. The number of imidazole rings is 1. The predicted molar refractivity (Wildman–Crippen MR) is 210 cm³/mol. The van der Waals surface area contributed by atoms with Crippen molar-refractivity contribution in [2.24, 2.45) is 0 Å². The second-order valence-electron chi connectivity index (χ2n) is 13.9. The average Bonchev–Trinajstić information content (AvgIpc) is 3.91.